The molecule has 0 aliphatic carbocycles. The van der Waals surface area contributed by atoms with Crippen molar-refractivity contribution < 1.29 is 13.2 Å². The third kappa shape index (κ3) is 3.08. The molecule has 4 nitrogen and oxygen atoms in total. The van der Waals surface area contributed by atoms with E-state index in [0.29, 0.717) is 4.88 Å². The van der Waals surface area contributed by atoms with Crippen LogP contribution in [0.2, 0.25) is 0 Å². The third-order valence-electron chi connectivity index (χ3n) is 2.54. The van der Waals surface area contributed by atoms with Crippen LogP contribution in [0.3, 0.4) is 0 Å². The lowest BCUT2D eigenvalue weighted by atomic mass is 10.3. The summed E-state index contributed by atoms with van der Waals surface area (Å²) in [5, 5.41) is 2.74. The van der Waals surface area contributed by atoms with Gasteiger partial charge in [0.25, 0.3) is 5.91 Å². The van der Waals surface area contributed by atoms with Crippen LogP contribution < -0.4 is 5.32 Å². The van der Waals surface area contributed by atoms with Crippen molar-refractivity contribution in [2.24, 2.45) is 0 Å². The van der Waals surface area contributed by atoms with E-state index in [1.165, 1.54) is 12.1 Å². The van der Waals surface area contributed by atoms with Gasteiger partial charge in [0.1, 0.15) is 4.21 Å². The molecule has 1 amide bonds. The summed E-state index contributed by atoms with van der Waals surface area (Å²) >= 11 is 0.985. The first-order valence-corrected chi connectivity index (χ1v) is 8.42. The molecule has 0 aliphatic rings. The van der Waals surface area contributed by atoms with E-state index in [2.05, 4.69) is 5.32 Å². The number of rotatable bonds is 4. The normalized spacial score (nSPS) is 11.6. The Balaban J connectivity index is 2.32. The highest BCUT2D eigenvalue weighted by Crippen LogP contribution is 2.27. The van der Waals surface area contributed by atoms with Gasteiger partial charge in [-0.25, -0.2) is 8.42 Å². The van der Waals surface area contributed by atoms with Crippen LogP contribution in [0.1, 0.15) is 23.5 Å². The highest BCUT2D eigenvalue weighted by molar-refractivity contribution is 7.93. The average molecular weight is 309 g/mol. The largest absolute Gasteiger partial charge is 0.349 e. The summed E-state index contributed by atoms with van der Waals surface area (Å²) in [6.07, 6.45) is 0. The van der Waals surface area contributed by atoms with Crippen LogP contribution in [0.5, 0.6) is 0 Å². The molecule has 0 spiro atoms. The smallest absolute Gasteiger partial charge is 0.261 e. The summed E-state index contributed by atoms with van der Waals surface area (Å²) in [5.74, 6) is -0.250. The molecule has 106 valence electrons. The second-order valence-corrected chi connectivity index (χ2v) is 7.82. The van der Waals surface area contributed by atoms with E-state index in [1.807, 2.05) is 13.8 Å². The van der Waals surface area contributed by atoms with Crippen molar-refractivity contribution in [2.75, 3.05) is 0 Å². The van der Waals surface area contributed by atoms with Gasteiger partial charge in [0.05, 0.1) is 9.77 Å². The predicted molar refractivity (Wildman–Crippen MR) is 78.8 cm³/mol. The van der Waals surface area contributed by atoms with Crippen LogP contribution in [0.4, 0.5) is 0 Å². The first-order chi connectivity index (χ1) is 9.41. The van der Waals surface area contributed by atoms with Gasteiger partial charge < -0.3 is 5.32 Å². The molecule has 0 atom stereocenters. The minimum absolute atomic E-state index is 0.0128. The molecule has 0 unspecified atom stereocenters. The Labute approximate surface area is 122 Å². The summed E-state index contributed by atoms with van der Waals surface area (Å²) < 4.78 is 24.9. The minimum Gasteiger partial charge on any atom is -0.349 e. The molecule has 1 heterocycles. The van der Waals surface area contributed by atoms with Gasteiger partial charge in [-0.2, -0.15) is 0 Å². The predicted octanol–water partition coefficient (Wildman–Crippen LogP) is 2.72. The van der Waals surface area contributed by atoms with Gasteiger partial charge in [-0.3, -0.25) is 4.79 Å². The summed E-state index contributed by atoms with van der Waals surface area (Å²) in [6, 6.07) is 11.2. The highest BCUT2D eigenvalue weighted by Gasteiger charge is 2.21. The monoisotopic (exact) mass is 309 g/mol. The van der Waals surface area contributed by atoms with Crippen molar-refractivity contribution in [3.05, 3.63) is 47.3 Å². The van der Waals surface area contributed by atoms with Crippen LogP contribution in [0.25, 0.3) is 0 Å². The summed E-state index contributed by atoms with van der Waals surface area (Å²) in [6.45, 7) is 3.71. The number of hydrogen-bond acceptors (Lipinski definition) is 4. The molecule has 20 heavy (non-hydrogen) atoms. The molecular weight excluding hydrogens is 294 g/mol. The first kappa shape index (κ1) is 14.7. The Morgan fingerprint density at radius 3 is 2.35 bits per heavy atom. The first-order valence-electron chi connectivity index (χ1n) is 6.12. The van der Waals surface area contributed by atoms with Gasteiger partial charge in [0.15, 0.2) is 0 Å². The molecule has 1 aromatic carbocycles. The topological polar surface area (TPSA) is 63.2 Å². The lowest BCUT2D eigenvalue weighted by Crippen LogP contribution is -2.29. The molecular formula is C14H15NO3S2. The van der Waals surface area contributed by atoms with Gasteiger partial charge in [-0.1, -0.05) is 18.2 Å². The van der Waals surface area contributed by atoms with Crippen LogP contribution >= 0.6 is 11.3 Å². The molecule has 1 N–H and O–H groups in total. The number of carbonyl (C=O) groups is 1. The van der Waals surface area contributed by atoms with E-state index in [-0.39, 0.29) is 21.1 Å². The van der Waals surface area contributed by atoms with Crippen molar-refractivity contribution in [2.45, 2.75) is 29.0 Å². The number of carbonyl (C=O) groups excluding carboxylic acids is 1. The molecule has 0 radical (unpaired) electrons. The Morgan fingerprint density at radius 2 is 1.75 bits per heavy atom. The highest BCUT2D eigenvalue weighted by atomic mass is 32.2. The van der Waals surface area contributed by atoms with E-state index in [0.717, 1.165) is 11.3 Å². The van der Waals surface area contributed by atoms with Crippen LogP contribution in [0, 0.1) is 0 Å². The zero-order valence-electron chi connectivity index (χ0n) is 11.2. The maximum absolute atomic E-state index is 12.4. The summed E-state index contributed by atoms with van der Waals surface area (Å²) in [5.41, 5.74) is 0. The molecule has 1 aromatic heterocycles. The third-order valence-corrected chi connectivity index (χ3v) is 5.89. The van der Waals surface area contributed by atoms with Gasteiger partial charge >= 0.3 is 0 Å². The molecule has 0 fully saturated rings. The molecule has 6 heteroatoms. The lowest BCUT2D eigenvalue weighted by molar-refractivity contribution is 0.0947. The van der Waals surface area contributed by atoms with E-state index in [1.54, 1.807) is 30.3 Å². The Morgan fingerprint density at radius 1 is 1.10 bits per heavy atom. The van der Waals surface area contributed by atoms with Crippen molar-refractivity contribution in [1.29, 1.82) is 0 Å². The van der Waals surface area contributed by atoms with Gasteiger partial charge in [0, 0.05) is 6.04 Å². The zero-order chi connectivity index (χ0) is 14.8. The zero-order valence-corrected chi connectivity index (χ0v) is 12.8. The second kappa shape index (κ2) is 5.76. The fraction of sp³-hybridized carbons (Fsp3) is 0.214. The van der Waals surface area contributed by atoms with E-state index < -0.39 is 9.84 Å². The number of hydrogen-bond donors (Lipinski definition) is 1. The number of benzene rings is 1. The maximum Gasteiger partial charge on any atom is 0.261 e. The number of amides is 1. The Hall–Kier alpha value is -1.66. The quantitative estimate of drug-likeness (QED) is 0.944. The SMILES string of the molecule is CC(C)NC(=O)c1ccc(S(=O)(=O)c2ccccc2)s1. The van der Waals surface area contributed by atoms with Crippen molar-refractivity contribution in [3.8, 4) is 0 Å². The number of thiophene rings is 1. The number of sulfone groups is 1. The van der Waals surface area contributed by atoms with Gasteiger partial charge in [0.2, 0.25) is 9.84 Å². The van der Waals surface area contributed by atoms with Gasteiger partial charge in [-0.05, 0) is 38.1 Å². The fourth-order valence-electron chi connectivity index (χ4n) is 1.64. The van der Waals surface area contributed by atoms with Crippen LogP contribution in [-0.4, -0.2) is 20.4 Å². The lowest BCUT2D eigenvalue weighted by Gasteiger charge is -2.05. The van der Waals surface area contributed by atoms with Crippen molar-refractivity contribution in [1.82, 2.24) is 5.32 Å². The minimum atomic E-state index is -3.54. The fourth-order valence-corrected chi connectivity index (χ4v) is 4.27. The maximum atomic E-state index is 12.4. The standard InChI is InChI=1S/C14H15NO3S2/c1-10(2)15-14(16)12-8-9-13(19-12)20(17,18)11-6-4-3-5-7-11/h3-10H,1-2H3,(H,15,16). The molecule has 2 aromatic rings. The Bertz CT molecular complexity index is 703. The van der Waals surface area contributed by atoms with Crippen LogP contribution in [-0.2, 0) is 9.84 Å². The molecule has 0 aliphatic heterocycles. The molecule has 0 saturated carbocycles. The van der Waals surface area contributed by atoms with Crippen molar-refractivity contribution >= 4 is 27.1 Å². The van der Waals surface area contributed by atoms with Crippen molar-refractivity contribution in [3.63, 3.8) is 0 Å². The van der Waals surface area contributed by atoms with Gasteiger partial charge in [-0.15, -0.1) is 11.3 Å². The second-order valence-electron chi connectivity index (χ2n) is 4.56. The van der Waals surface area contributed by atoms with E-state index in [9.17, 15) is 13.2 Å². The van der Waals surface area contributed by atoms with E-state index >= 15 is 0 Å². The summed E-state index contributed by atoms with van der Waals surface area (Å²) in [7, 11) is -3.54. The Kier molecular flexibility index (Phi) is 4.25. The molecule has 0 saturated heterocycles. The van der Waals surface area contributed by atoms with Crippen LogP contribution in [0.15, 0.2) is 51.6 Å². The molecule has 2 rings (SSSR count). The van der Waals surface area contributed by atoms with E-state index in [4.69, 9.17) is 0 Å². The average Bonchev–Trinajstić information content (AvgIpc) is 2.89. The number of nitrogens with one attached hydrogen (secondary N) is 1. The molecule has 0 bridgehead atoms. The summed E-state index contributed by atoms with van der Waals surface area (Å²) in [4.78, 5) is 12.5.